The highest BCUT2D eigenvalue weighted by molar-refractivity contribution is 6.26. The quantitative estimate of drug-likeness (QED) is 0.944. The first-order valence-electron chi connectivity index (χ1n) is 6.71. The third kappa shape index (κ3) is 2.59. The van der Waals surface area contributed by atoms with Crippen LogP contribution in [-0.2, 0) is 0 Å². The van der Waals surface area contributed by atoms with Crippen LogP contribution < -0.4 is 10.1 Å². The molecule has 2 aromatic rings. The normalized spacial score (nSPS) is 13.4. The van der Waals surface area contributed by atoms with E-state index in [-0.39, 0.29) is 34.0 Å². The van der Waals surface area contributed by atoms with Gasteiger partial charge in [-0.3, -0.25) is 9.59 Å². The molecule has 3 rings (SSSR count). The van der Waals surface area contributed by atoms with Gasteiger partial charge in [0, 0.05) is 23.4 Å². The van der Waals surface area contributed by atoms with Gasteiger partial charge in [-0.2, -0.15) is 0 Å². The smallest absolute Gasteiger partial charge is 0.213 e. The number of halogens is 2. The van der Waals surface area contributed by atoms with Gasteiger partial charge in [0.2, 0.25) is 5.78 Å². The number of rotatable bonds is 3. The van der Waals surface area contributed by atoms with Gasteiger partial charge in [-0.1, -0.05) is 12.1 Å². The van der Waals surface area contributed by atoms with Crippen LogP contribution in [0.3, 0.4) is 0 Å². The average Bonchev–Trinajstić information content (AvgIpc) is 2.55. The van der Waals surface area contributed by atoms with Gasteiger partial charge < -0.3 is 10.1 Å². The minimum atomic E-state index is -1.05. The van der Waals surface area contributed by atoms with Crippen molar-refractivity contribution in [2.24, 2.45) is 0 Å². The molecule has 0 saturated heterocycles. The number of hydrogen-bond donors (Lipinski definition) is 1. The van der Waals surface area contributed by atoms with E-state index in [1.165, 1.54) is 19.2 Å². The molecule has 0 saturated carbocycles. The zero-order valence-electron chi connectivity index (χ0n) is 12.0. The summed E-state index contributed by atoms with van der Waals surface area (Å²) in [6, 6.07) is 7.83. The summed E-state index contributed by atoms with van der Waals surface area (Å²) in [5, 5.41) is 2.65. The predicted molar refractivity (Wildman–Crippen MR) is 79.7 cm³/mol. The first kappa shape index (κ1) is 14.9. The Morgan fingerprint density at radius 2 is 1.83 bits per heavy atom. The number of carbonyl (C=O) groups is 2. The lowest BCUT2D eigenvalue weighted by Gasteiger charge is -2.18. The largest absolute Gasteiger partial charge is 0.496 e. The topological polar surface area (TPSA) is 55.4 Å². The maximum absolute atomic E-state index is 13.3. The fraction of sp³-hybridized carbons (Fsp3) is 0.0588. The Balaban J connectivity index is 2.00. The molecule has 0 heterocycles. The van der Waals surface area contributed by atoms with Crippen molar-refractivity contribution in [3.8, 4) is 5.75 Å². The Hall–Kier alpha value is -3.02. The van der Waals surface area contributed by atoms with Crippen LogP contribution in [0.1, 0.15) is 20.7 Å². The van der Waals surface area contributed by atoms with Crippen LogP contribution in [0.5, 0.6) is 5.75 Å². The van der Waals surface area contributed by atoms with E-state index in [2.05, 4.69) is 5.32 Å². The van der Waals surface area contributed by atoms with E-state index in [1.807, 2.05) is 0 Å². The van der Waals surface area contributed by atoms with E-state index < -0.39 is 17.4 Å². The molecule has 0 unspecified atom stereocenters. The summed E-state index contributed by atoms with van der Waals surface area (Å²) in [7, 11) is 1.40. The van der Waals surface area contributed by atoms with Crippen molar-refractivity contribution in [3.05, 3.63) is 70.9 Å². The maximum Gasteiger partial charge on any atom is 0.213 e. The molecule has 0 bridgehead atoms. The first-order valence-corrected chi connectivity index (χ1v) is 6.71. The van der Waals surface area contributed by atoms with Crippen molar-refractivity contribution < 1.29 is 23.1 Å². The van der Waals surface area contributed by atoms with Crippen LogP contribution in [0.4, 0.5) is 14.5 Å². The molecule has 1 aliphatic carbocycles. The molecule has 0 atom stereocenters. The molecule has 0 fully saturated rings. The van der Waals surface area contributed by atoms with E-state index >= 15 is 0 Å². The second kappa shape index (κ2) is 5.64. The lowest BCUT2D eigenvalue weighted by atomic mass is 9.91. The second-order valence-electron chi connectivity index (χ2n) is 4.89. The Morgan fingerprint density at radius 3 is 2.52 bits per heavy atom. The summed E-state index contributed by atoms with van der Waals surface area (Å²) >= 11 is 0. The van der Waals surface area contributed by atoms with E-state index in [1.54, 1.807) is 12.1 Å². The highest BCUT2D eigenvalue weighted by Crippen LogP contribution is 2.30. The van der Waals surface area contributed by atoms with Crippen molar-refractivity contribution in [2.75, 3.05) is 12.4 Å². The van der Waals surface area contributed by atoms with Crippen molar-refractivity contribution in [1.29, 1.82) is 0 Å². The number of carbonyl (C=O) groups excluding carboxylic acids is 2. The van der Waals surface area contributed by atoms with E-state index in [4.69, 9.17) is 4.74 Å². The minimum absolute atomic E-state index is 0.0296. The van der Waals surface area contributed by atoms with Gasteiger partial charge in [-0.25, -0.2) is 8.78 Å². The second-order valence-corrected chi connectivity index (χ2v) is 4.89. The van der Waals surface area contributed by atoms with Gasteiger partial charge >= 0.3 is 0 Å². The SMILES string of the molecule is COc1cccc2c1C(=O)C(Nc1ccc(F)c(F)c1)=CC2=O. The number of fused-ring (bicyclic) bond motifs is 1. The fourth-order valence-electron chi connectivity index (χ4n) is 2.37. The molecule has 23 heavy (non-hydrogen) atoms. The monoisotopic (exact) mass is 315 g/mol. The molecular weight excluding hydrogens is 304 g/mol. The van der Waals surface area contributed by atoms with Crippen LogP contribution in [0.2, 0.25) is 0 Å². The maximum atomic E-state index is 13.3. The zero-order chi connectivity index (χ0) is 16.6. The summed E-state index contributed by atoms with van der Waals surface area (Å²) in [6.45, 7) is 0. The molecule has 0 spiro atoms. The van der Waals surface area contributed by atoms with Crippen LogP contribution in [0, 0.1) is 11.6 Å². The van der Waals surface area contributed by atoms with Crippen LogP contribution in [0.25, 0.3) is 0 Å². The summed E-state index contributed by atoms with van der Waals surface area (Å²) in [5.41, 5.74) is 0.519. The van der Waals surface area contributed by atoms with Gasteiger partial charge in [-0.15, -0.1) is 0 Å². The molecule has 116 valence electrons. The minimum Gasteiger partial charge on any atom is -0.496 e. The number of methoxy groups -OCH3 is 1. The Bertz CT molecular complexity index is 859. The molecule has 0 amide bonds. The van der Waals surface area contributed by atoms with E-state index in [0.29, 0.717) is 0 Å². The number of benzene rings is 2. The number of nitrogens with one attached hydrogen (secondary N) is 1. The highest BCUT2D eigenvalue weighted by Gasteiger charge is 2.29. The van der Waals surface area contributed by atoms with Gasteiger partial charge in [0.05, 0.1) is 18.4 Å². The zero-order valence-corrected chi connectivity index (χ0v) is 12.0. The summed E-state index contributed by atoms with van der Waals surface area (Å²) in [6.07, 6.45) is 1.13. The predicted octanol–water partition coefficient (Wildman–Crippen LogP) is 3.35. The Kier molecular flexibility index (Phi) is 3.65. The van der Waals surface area contributed by atoms with Gasteiger partial charge in [-0.05, 0) is 18.2 Å². The van der Waals surface area contributed by atoms with Crippen LogP contribution >= 0.6 is 0 Å². The number of hydrogen-bond acceptors (Lipinski definition) is 4. The Morgan fingerprint density at radius 1 is 1.04 bits per heavy atom. The standard InChI is InChI=1S/C17H11F2NO3/c1-23-15-4-2-3-10-14(21)8-13(17(22)16(10)15)20-9-5-6-11(18)12(19)7-9/h2-8,20H,1H3. The van der Waals surface area contributed by atoms with Crippen molar-refractivity contribution in [2.45, 2.75) is 0 Å². The third-order valence-electron chi connectivity index (χ3n) is 3.46. The first-order chi connectivity index (χ1) is 11.0. The lowest BCUT2D eigenvalue weighted by Crippen LogP contribution is -2.22. The Labute approximate surface area is 130 Å². The van der Waals surface area contributed by atoms with Gasteiger partial charge in [0.1, 0.15) is 5.75 Å². The molecule has 1 N–H and O–H groups in total. The molecule has 2 aromatic carbocycles. The highest BCUT2D eigenvalue weighted by atomic mass is 19.2. The summed E-state index contributed by atoms with van der Waals surface area (Å²) < 4.78 is 31.3. The number of ketones is 2. The van der Waals surface area contributed by atoms with E-state index in [0.717, 1.165) is 18.2 Å². The van der Waals surface area contributed by atoms with E-state index in [9.17, 15) is 18.4 Å². The molecule has 1 aliphatic rings. The number of Topliss-reactive ketones (excluding diaryl/α,β-unsaturated/α-hetero) is 1. The summed E-state index contributed by atoms with van der Waals surface area (Å²) in [4.78, 5) is 24.7. The molecule has 4 nitrogen and oxygen atoms in total. The lowest BCUT2D eigenvalue weighted by molar-refractivity contribution is 0.0982. The third-order valence-corrected chi connectivity index (χ3v) is 3.46. The molecule has 6 heteroatoms. The van der Waals surface area contributed by atoms with Gasteiger partial charge in [0.25, 0.3) is 0 Å². The summed E-state index contributed by atoms with van der Waals surface area (Å²) in [5.74, 6) is -2.60. The molecule has 0 aromatic heterocycles. The van der Waals surface area contributed by atoms with Crippen molar-refractivity contribution in [1.82, 2.24) is 0 Å². The fourth-order valence-corrected chi connectivity index (χ4v) is 2.37. The van der Waals surface area contributed by atoms with Crippen molar-refractivity contribution >= 4 is 17.3 Å². The number of ether oxygens (including phenoxy) is 1. The van der Waals surface area contributed by atoms with Crippen molar-refractivity contribution in [3.63, 3.8) is 0 Å². The number of anilines is 1. The van der Waals surface area contributed by atoms with Crippen LogP contribution in [-0.4, -0.2) is 18.7 Å². The average molecular weight is 315 g/mol. The number of allylic oxidation sites excluding steroid dienone is 2. The molecule has 0 radical (unpaired) electrons. The molecular formula is C17H11F2NO3. The van der Waals surface area contributed by atoms with Crippen LogP contribution in [0.15, 0.2) is 48.2 Å². The van der Waals surface area contributed by atoms with Gasteiger partial charge in [0.15, 0.2) is 17.4 Å². The molecule has 0 aliphatic heterocycles.